The second kappa shape index (κ2) is 4.64. The number of fused-ring (bicyclic) bond motifs is 1. The highest BCUT2D eigenvalue weighted by Gasteiger charge is 2.15. The largest absolute Gasteiger partial charge is 0.372 e. The molecular weight excluding hydrogens is 274 g/mol. The van der Waals surface area contributed by atoms with Gasteiger partial charge in [0.15, 0.2) is 0 Å². The van der Waals surface area contributed by atoms with Crippen LogP contribution in [0.5, 0.6) is 0 Å². The number of hydrogen-bond donors (Lipinski definition) is 1. The van der Waals surface area contributed by atoms with Gasteiger partial charge >= 0.3 is 0 Å². The second-order valence-corrected chi connectivity index (χ2v) is 5.35. The number of ether oxygens (including phenoxy) is 1. The van der Waals surface area contributed by atoms with Crippen LogP contribution in [0.4, 0.5) is 5.69 Å². The van der Waals surface area contributed by atoms with Crippen molar-refractivity contribution in [3.05, 3.63) is 38.8 Å². The molecule has 2 aromatic rings. The summed E-state index contributed by atoms with van der Waals surface area (Å²) in [5.41, 5.74) is 2.98. The number of hydrogen-bond acceptors (Lipinski definition) is 5. The fourth-order valence-electron chi connectivity index (χ4n) is 1.73. The van der Waals surface area contributed by atoms with Crippen LogP contribution in [0.15, 0.2) is 18.2 Å². The van der Waals surface area contributed by atoms with Gasteiger partial charge in [-0.1, -0.05) is 17.4 Å². The minimum Gasteiger partial charge on any atom is -0.372 e. The highest BCUT2D eigenvalue weighted by atomic mass is 35.5. The molecule has 1 aromatic carbocycles. The first-order valence-corrected chi connectivity index (χ1v) is 6.42. The Hall–Kier alpha value is -1.50. The zero-order valence-electron chi connectivity index (χ0n) is 9.14. The lowest BCUT2D eigenvalue weighted by molar-refractivity contribution is 0.102. The Kier molecular flexibility index (Phi) is 2.99. The summed E-state index contributed by atoms with van der Waals surface area (Å²) in [6.45, 7) is 1.22. The van der Waals surface area contributed by atoms with Crippen molar-refractivity contribution in [2.24, 2.45) is 0 Å². The average Bonchev–Trinajstić information content (AvgIpc) is 2.96. The van der Waals surface area contributed by atoms with Crippen LogP contribution in [-0.2, 0) is 18.0 Å². The average molecular weight is 282 g/mol. The van der Waals surface area contributed by atoms with E-state index in [0.717, 1.165) is 28.2 Å². The topological polar surface area (TPSA) is 64.1 Å². The van der Waals surface area contributed by atoms with E-state index in [-0.39, 0.29) is 15.4 Å². The predicted octanol–water partition coefficient (Wildman–Crippen LogP) is 2.47. The highest BCUT2D eigenvalue weighted by molar-refractivity contribution is 7.17. The number of rotatable bonds is 2. The van der Waals surface area contributed by atoms with Crippen molar-refractivity contribution >= 4 is 34.5 Å². The van der Waals surface area contributed by atoms with Crippen LogP contribution in [0.1, 0.15) is 20.9 Å². The number of benzene rings is 1. The molecule has 5 nitrogen and oxygen atoms in total. The van der Waals surface area contributed by atoms with Gasteiger partial charge in [0.1, 0.15) is 0 Å². The van der Waals surface area contributed by atoms with Gasteiger partial charge in [0, 0.05) is 5.69 Å². The third-order valence-corrected chi connectivity index (χ3v) is 3.59. The molecule has 1 aromatic heterocycles. The first-order valence-electron chi connectivity index (χ1n) is 5.22. The lowest BCUT2D eigenvalue weighted by atomic mass is 10.1. The fraction of sp³-hybridized carbons (Fsp3) is 0.182. The van der Waals surface area contributed by atoms with E-state index in [1.165, 1.54) is 0 Å². The first kappa shape index (κ1) is 11.6. The monoisotopic (exact) mass is 281 g/mol. The molecule has 18 heavy (non-hydrogen) atoms. The summed E-state index contributed by atoms with van der Waals surface area (Å²) in [5.74, 6) is -0.307. The smallest absolute Gasteiger partial charge is 0.286 e. The number of amides is 1. The van der Waals surface area contributed by atoms with Crippen molar-refractivity contribution in [1.82, 2.24) is 10.2 Å². The molecule has 1 N–H and O–H groups in total. The Labute approximate surface area is 112 Å². The van der Waals surface area contributed by atoms with Gasteiger partial charge in [-0.3, -0.25) is 4.79 Å². The fourth-order valence-corrected chi connectivity index (χ4v) is 2.46. The molecular formula is C11H8ClN3O2S. The van der Waals surface area contributed by atoms with Crippen molar-refractivity contribution in [2.45, 2.75) is 13.2 Å². The number of carbonyl (C=O) groups excluding carboxylic acids is 1. The van der Waals surface area contributed by atoms with Gasteiger partial charge in [-0.2, -0.15) is 0 Å². The van der Waals surface area contributed by atoms with Gasteiger partial charge < -0.3 is 10.1 Å². The van der Waals surface area contributed by atoms with Crippen LogP contribution < -0.4 is 5.32 Å². The molecule has 2 heterocycles. The minimum atomic E-state index is -0.307. The minimum absolute atomic E-state index is 0.247. The zero-order valence-corrected chi connectivity index (χ0v) is 10.7. The SMILES string of the molecule is O=C(Nc1ccc2c(c1)COC2)c1nnc(Cl)s1. The van der Waals surface area contributed by atoms with Crippen molar-refractivity contribution in [3.63, 3.8) is 0 Å². The molecule has 0 saturated heterocycles. The maximum Gasteiger partial charge on any atom is 0.286 e. The van der Waals surface area contributed by atoms with Gasteiger partial charge in [0.2, 0.25) is 9.47 Å². The highest BCUT2D eigenvalue weighted by Crippen LogP contribution is 2.24. The summed E-state index contributed by atoms with van der Waals surface area (Å²) < 4.78 is 5.56. The van der Waals surface area contributed by atoms with Gasteiger partial charge in [-0.25, -0.2) is 0 Å². The molecule has 0 bridgehead atoms. The van der Waals surface area contributed by atoms with Crippen LogP contribution >= 0.6 is 22.9 Å². The van der Waals surface area contributed by atoms with E-state index in [4.69, 9.17) is 16.3 Å². The lowest BCUT2D eigenvalue weighted by Gasteiger charge is -2.04. The Balaban J connectivity index is 1.78. The Bertz CT molecular complexity index is 614. The van der Waals surface area contributed by atoms with Gasteiger partial charge in [-0.05, 0) is 34.9 Å². The van der Waals surface area contributed by atoms with Crippen LogP contribution in [-0.4, -0.2) is 16.1 Å². The quantitative estimate of drug-likeness (QED) is 0.918. The normalized spacial score (nSPS) is 13.4. The molecule has 1 aliphatic heterocycles. The molecule has 0 atom stereocenters. The van der Waals surface area contributed by atoms with Gasteiger partial charge in [-0.15, -0.1) is 10.2 Å². The summed E-state index contributed by atoms with van der Waals surface area (Å²) in [6.07, 6.45) is 0. The first-order chi connectivity index (χ1) is 8.72. The summed E-state index contributed by atoms with van der Waals surface area (Å²) in [5, 5.41) is 10.3. The number of anilines is 1. The van der Waals surface area contributed by atoms with Crippen LogP contribution in [0.3, 0.4) is 0 Å². The van der Waals surface area contributed by atoms with E-state index in [1.54, 1.807) is 0 Å². The summed E-state index contributed by atoms with van der Waals surface area (Å²) in [7, 11) is 0. The molecule has 0 unspecified atom stereocenters. The lowest BCUT2D eigenvalue weighted by Crippen LogP contribution is -2.11. The molecule has 0 radical (unpaired) electrons. The molecule has 0 saturated carbocycles. The Morgan fingerprint density at radius 2 is 2.17 bits per heavy atom. The zero-order chi connectivity index (χ0) is 12.5. The molecule has 3 rings (SSSR count). The number of nitrogens with zero attached hydrogens (tertiary/aromatic N) is 2. The molecule has 0 aliphatic carbocycles. The molecule has 1 aliphatic rings. The summed E-state index contributed by atoms with van der Waals surface area (Å²) in [6, 6.07) is 5.70. The third kappa shape index (κ3) is 2.22. The van der Waals surface area contributed by atoms with E-state index < -0.39 is 0 Å². The van der Waals surface area contributed by atoms with E-state index in [0.29, 0.717) is 13.2 Å². The number of carbonyl (C=O) groups is 1. The molecule has 0 fully saturated rings. The van der Waals surface area contributed by atoms with E-state index in [2.05, 4.69) is 15.5 Å². The van der Waals surface area contributed by atoms with Crippen LogP contribution in [0.25, 0.3) is 0 Å². The molecule has 0 spiro atoms. The molecule has 7 heteroatoms. The summed E-state index contributed by atoms with van der Waals surface area (Å²) in [4.78, 5) is 11.8. The number of aromatic nitrogens is 2. The molecule has 92 valence electrons. The van der Waals surface area contributed by atoms with Crippen molar-refractivity contribution in [2.75, 3.05) is 5.32 Å². The van der Waals surface area contributed by atoms with E-state index >= 15 is 0 Å². The predicted molar refractivity (Wildman–Crippen MR) is 67.8 cm³/mol. The summed E-state index contributed by atoms with van der Waals surface area (Å²) >= 11 is 6.68. The number of halogens is 1. The third-order valence-electron chi connectivity index (χ3n) is 2.57. The van der Waals surface area contributed by atoms with Crippen molar-refractivity contribution in [3.8, 4) is 0 Å². The van der Waals surface area contributed by atoms with Crippen molar-refractivity contribution < 1.29 is 9.53 Å². The van der Waals surface area contributed by atoms with Gasteiger partial charge in [0.05, 0.1) is 13.2 Å². The second-order valence-electron chi connectivity index (χ2n) is 3.79. The standard InChI is InChI=1S/C11H8ClN3O2S/c12-11-15-14-10(18-11)9(16)13-8-2-1-6-4-17-5-7(6)3-8/h1-3H,4-5H2,(H,13,16). The number of nitrogens with one attached hydrogen (secondary N) is 1. The van der Waals surface area contributed by atoms with E-state index in [9.17, 15) is 4.79 Å². The van der Waals surface area contributed by atoms with Crippen LogP contribution in [0.2, 0.25) is 4.47 Å². The maximum atomic E-state index is 11.8. The van der Waals surface area contributed by atoms with Crippen molar-refractivity contribution in [1.29, 1.82) is 0 Å². The van der Waals surface area contributed by atoms with Crippen LogP contribution in [0, 0.1) is 0 Å². The van der Waals surface area contributed by atoms with E-state index in [1.807, 2.05) is 18.2 Å². The maximum absolute atomic E-state index is 11.8. The Morgan fingerprint density at radius 3 is 2.94 bits per heavy atom. The Morgan fingerprint density at radius 1 is 1.33 bits per heavy atom. The molecule has 1 amide bonds. The van der Waals surface area contributed by atoms with Gasteiger partial charge in [0.25, 0.3) is 5.91 Å².